The number of aromatic nitrogens is 3. The molecule has 13 heteroatoms. The predicted octanol–water partition coefficient (Wildman–Crippen LogP) is 3.25. The van der Waals surface area contributed by atoms with Gasteiger partial charge in [-0.3, -0.25) is 19.2 Å². The van der Waals surface area contributed by atoms with Crippen LogP contribution in [0.15, 0.2) is 44.7 Å². The SMILES string of the molecule is COc1ccc(F)cc1[C@H](Cn1c(=O)n([C@@H]2CCNC2O)c(=O)c2c(C)c(-c3ncco3)sc21)O[C@H]1CC[C@@H](O)CC1. The number of aryl methyl sites for hydroxylation is 1. The minimum atomic E-state index is -1.07. The van der Waals surface area contributed by atoms with Gasteiger partial charge in [-0.1, -0.05) is 0 Å². The van der Waals surface area contributed by atoms with Gasteiger partial charge in [0.05, 0.1) is 48.4 Å². The number of nitrogens with zero attached hydrogens (tertiary/aromatic N) is 3. The van der Waals surface area contributed by atoms with Crippen LogP contribution in [-0.4, -0.2) is 56.4 Å². The van der Waals surface area contributed by atoms with Gasteiger partial charge in [0, 0.05) is 5.56 Å². The second-order valence-electron chi connectivity index (χ2n) is 10.8. The first-order chi connectivity index (χ1) is 20.3. The van der Waals surface area contributed by atoms with Gasteiger partial charge in [-0.05, 0) is 69.3 Å². The molecule has 1 unspecified atom stereocenters. The van der Waals surface area contributed by atoms with Crippen LogP contribution in [0, 0.1) is 12.7 Å². The minimum absolute atomic E-state index is 0.0598. The Bertz CT molecular complexity index is 1690. The number of methoxy groups -OCH3 is 1. The highest BCUT2D eigenvalue weighted by Gasteiger charge is 2.34. The lowest BCUT2D eigenvalue weighted by atomic mass is 9.94. The number of benzene rings is 1. The molecule has 1 saturated heterocycles. The van der Waals surface area contributed by atoms with Crippen molar-refractivity contribution in [2.24, 2.45) is 0 Å². The molecule has 1 aliphatic carbocycles. The van der Waals surface area contributed by atoms with Gasteiger partial charge in [0.2, 0.25) is 5.89 Å². The van der Waals surface area contributed by atoms with Crippen LogP contribution < -0.4 is 21.3 Å². The second kappa shape index (κ2) is 11.7. The smallest absolute Gasteiger partial charge is 0.332 e. The van der Waals surface area contributed by atoms with Crippen LogP contribution in [0.1, 0.15) is 55.4 Å². The van der Waals surface area contributed by atoms with Gasteiger partial charge in [0.25, 0.3) is 5.56 Å². The molecule has 1 aromatic carbocycles. The fourth-order valence-corrected chi connectivity index (χ4v) is 7.29. The number of rotatable bonds is 8. The molecule has 2 aliphatic rings. The van der Waals surface area contributed by atoms with Crippen LogP contribution in [0.3, 0.4) is 0 Å². The van der Waals surface area contributed by atoms with Crippen LogP contribution in [0.4, 0.5) is 4.39 Å². The highest BCUT2D eigenvalue weighted by atomic mass is 32.1. The Morgan fingerprint density at radius 2 is 2.00 bits per heavy atom. The Morgan fingerprint density at radius 3 is 2.67 bits per heavy atom. The number of ether oxygens (including phenoxy) is 2. The van der Waals surface area contributed by atoms with E-state index in [1.54, 1.807) is 6.92 Å². The molecule has 1 aliphatic heterocycles. The summed E-state index contributed by atoms with van der Waals surface area (Å²) in [4.78, 5) is 33.4. The zero-order valence-electron chi connectivity index (χ0n) is 23.3. The molecule has 224 valence electrons. The lowest BCUT2D eigenvalue weighted by molar-refractivity contribution is -0.0565. The summed E-state index contributed by atoms with van der Waals surface area (Å²) in [5.74, 6) is 0.230. The van der Waals surface area contributed by atoms with Crippen molar-refractivity contribution in [1.29, 1.82) is 0 Å². The third-order valence-corrected chi connectivity index (χ3v) is 9.55. The maximum Gasteiger partial charge on any atom is 0.332 e. The second-order valence-corrected chi connectivity index (χ2v) is 11.8. The Morgan fingerprint density at radius 1 is 1.21 bits per heavy atom. The number of thiophene rings is 1. The van der Waals surface area contributed by atoms with Crippen LogP contribution in [-0.2, 0) is 11.3 Å². The number of aliphatic hydroxyl groups excluding tert-OH is 2. The molecule has 3 atom stereocenters. The predicted molar refractivity (Wildman–Crippen MR) is 153 cm³/mol. The summed E-state index contributed by atoms with van der Waals surface area (Å²) < 4.78 is 34.9. The molecule has 2 fully saturated rings. The van der Waals surface area contributed by atoms with Crippen molar-refractivity contribution in [2.45, 2.75) is 76.2 Å². The largest absolute Gasteiger partial charge is 0.496 e. The fraction of sp³-hybridized carbons (Fsp3) is 0.483. The molecule has 4 aromatic rings. The number of halogens is 1. The van der Waals surface area contributed by atoms with E-state index in [2.05, 4.69) is 10.3 Å². The molecule has 0 spiro atoms. The Labute approximate surface area is 244 Å². The fourth-order valence-electron chi connectivity index (χ4n) is 6.05. The van der Waals surface area contributed by atoms with Crippen molar-refractivity contribution < 1.29 is 28.5 Å². The van der Waals surface area contributed by atoms with E-state index < -0.39 is 41.5 Å². The van der Waals surface area contributed by atoms with E-state index in [9.17, 15) is 24.2 Å². The molecule has 1 saturated carbocycles. The number of hydrogen-bond donors (Lipinski definition) is 3. The summed E-state index contributed by atoms with van der Waals surface area (Å²) in [6.07, 6.45) is 3.14. The molecule has 3 N–H and O–H groups in total. The van der Waals surface area contributed by atoms with Crippen molar-refractivity contribution in [3.8, 4) is 16.5 Å². The molecular weight excluding hydrogens is 567 g/mol. The van der Waals surface area contributed by atoms with E-state index in [-0.39, 0.29) is 12.6 Å². The van der Waals surface area contributed by atoms with Crippen LogP contribution in [0.25, 0.3) is 21.0 Å². The molecule has 3 aromatic heterocycles. The van der Waals surface area contributed by atoms with Gasteiger partial charge in [0.15, 0.2) is 0 Å². The first-order valence-corrected chi connectivity index (χ1v) is 14.8. The lowest BCUT2D eigenvalue weighted by Gasteiger charge is -2.31. The van der Waals surface area contributed by atoms with Crippen molar-refractivity contribution in [1.82, 2.24) is 19.4 Å². The van der Waals surface area contributed by atoms with E-state index in [0.29, 0.717) is 76.5 Å². The van der Waals surface area contributed by atoms with Gasteiger partial charge in [-0.15, -0.1) is 11.3 Å². The topological polar surface area (TPSA) is 141 Å². The third-order valence-electron chi connectivity index (χ3n) is 8.25. The average Bonchev–Trinajstić information content (AvgIpc) is 3.73. The summed E-state index contributed by atoms with van der Waals surface area (Å²) in [6.45, 7) is 2.16. The molecule has 6 rings (SSSR count). The summed E-state index contributed by atoms with van der Waals surface area (Å²) in [7, 11) is 1.48. The lowest BCUT2D eigenvalue weighted by Crippen LogP contribution is -2.46. The molecule has 0 amide bonds. The molecule has 0 radical (unpaired) electrons. The quantitative estimate of drug-likeness (QED) is 0.278. The monoisotopic (exact) mass is 600 g/mol. The van der Waals surface area contributed by atoms with Crippen molar-refractivity contribution in [3.63, 3.8) is 0 Å². The summed E-state index contributed by atoms with van der Waals surface area (Å²) >= 11 is 1.21. The Kier molecular flexibility index (Phi) is 8.03. The van der Waals surface area contributed by atoms with Gasteiger partial charge in [-0.25, -0.2) is 14.2 Å². The molecule has 0 bridgehead atoms. The average molecular weight is 601 g/mol. The molecule has 4 heterocycles. The highest BCUT2D eigenvalue weighted by Crippen LogP contribution is 2.38. The van der Waals surface area contributed by atoms with Crippen molar-refractivity contribution >= 4 is 21.6 Å². The van der Waals surface area contributed by atoms with E-state index in [1.165, 1.54) is 53.7 Å². The van der Waals surface area contributed by atoms with Crippen molar-refractivity contribution in [3.05, 3.63) is 68.4 Å². The molecule has 42 heavy (non-hydrogen) atoms. The van der Waals surface area contributed by atoms with E-state index in [4.69, 9.17) is 13.9 Å². The van der Waals surface area contributed by atoms with Gasteiger partial charge >= 0.3 is 5.69 Å². The minimum Gasteiger partial charge on any atom is -0.496 e. The van der Waals surface area contributed by atoms with Gasteiger partial charge in [-0.2, -0.15) is 0 Å². The standard InChI is InChI=1S/C29H33FN4O7S/c1-15-23-27(37)34(20-9-10-31-25(20)36)29(38)33(28(23)42-24(15)26-32-11-12-40-26)14-22(41-18-6-4-17(35)5-7-18)19-13-16(30)3-8-21(19)39-2/h3,8,11-13,17-18,20,22,25,31,35-36H,4-7,9-10,14H2,1-2H3/t17-,18+,20-,22+,25?/m1/s1. The molecular formula is C29H33FN4O7S. The van der Waals surface area contributed by atoms with E-state index >= 15 is 0 Å². The van der Waals surface area contributed by atoms with E-state index in [0.717, 1.165) is 4.57 Å². The maximum absolute atomic E-state index is 14.6. The number of oxazole rings is 1. The van der Waals surface area contributed by atoms with Gasteiger partial charge < -0.3 is 24.1 Å². The number of nitrogens with one attached hydrogen (secondary N) is 1. The number of hydrogen-bond acceptors (Lipinski definition) is 10. The summed E-state index contributed by atoms with van der Waals surface area (Å²) in [6, 6.07) is 3.37. The van der Waals surface area contributed by atoms with E-state index in [1.807, 2.05) is 0 Å². The van der Waals surface area contributed by atoms with Crippen LogP contribution in [0.5, 0.6) is 5.75 Å². The summed E-state index contributed by atoms with van der Waals surface area (Å²) in [5.41, 5.74) is -0.0891. The zero-order valence-corrected chi connectivity index (χ0v) is 24.1. The zero-order chi connectivity index (χ0) is 29.5. The first kappa shape index (κ1) is 28.7. The van der Waals surface area contributed by atoms with Crippen molar-refractivity contribution in [2.75, 3.05) is 13.7 Å². The third kappa shape index (κ3) is 5.20. The normalized spacial score (nSPS) is 23.5. The Hall–Kier alpha value is -3.36. The number of fused-ring (bicyclic) bond motifs is 1. The van der Waals surface area contributed by atoms with Crippen LogP contribution in [0.2, 0.25) is 0 Å². The first-order valence-electron chi connectivity index (χ1n) is 14.0. The summed E-state index contributed by atoms with van der Waals surface area (Å²) in [5, 5.41) is 23.9. The molecule has 11 nitrogen and oxygen atoms in total. The van der Waals surface area contributed by atoms with Gasteiger partial charge in [0.1, 0.15) is 35.0 Å². The maximum atomic E-state index is 14.6. The Balaban J connectivity index is 1.54. The highest BCUT2D eigenvalue weighted by molar-refractivity contribution is 7.22. The number of aliphatic hydroxyl groups is 2. The van der Waals surface area contributed by atoms with Crippen LogP contribution >= 0.6 is 11.3 Å².